The van der Waals surface area contributed by atoms with E-state index in [1.807, 2.05) is 17.8 Å². The molecule has 1 aromatic rings. The second kappa shape index (κ2) is 10.1. The molecular weight excluding hydrogens is 356 g/mol. The van der Waals surface area contributed by atoms with E-state index < -0.39 is 0 Å². The molecule has 1 saturated carbocycles. The molecule has 3 unspecified atom stereocenters. The summed E-state index contributed by atoms with van der Waals surface area (Å²) >= 11 is 2.00. The fourth-order valence-corrected chi connectivity index (χ4v) is 4.84. The van der Waals surface area contributed by atoms with Crippen LogP contribution in [-0.2, 0) is 0 Å². The molecule has 1 aromatic carbocycles. The van der Waals surface area contributed by atoms with E-state index in [4.69, 9.17) is 9.73 Å². The lowest BCUT2D eigenvalue weighted by Gasteiger charge is -2.20. The van der Waals surface area contributed by atoms with E-state index >= 15 is 0 Å². The van der Waals surface area contributed by atoms with Gasteiger partial charge < -0.3 is 20.3 Å². The van der Waals surface area contributed by atoms with Crippen LogP contribution in [0.25, 0.3) is 0 Å². The van der Waals surface area contributed by atoms with Gasteiger partial charge in [0.2, 0.25) is 0 Å². The number of ether oxygens (including phenoxy) is 1. The largest absolute Gasteiger partial charge is 0.497 e. The van der Waals surface area contributed by atoms with Gasteiger partial charge in [0, 0.05) is 49.2 Å². The smallest absolute Gasteiger partial charge is 0.191 e. The summed E-state index contributed by atoms with van der Waals surface area (Å²) in [5, 5.41) is 7.89. The quantitative estimate of drug-likeness (QED) is 0.552. The Hall–Kier alpha value is -1.56. The Bertz CT molecular complexity index is 624. The molecule has 0 radical (unpaired) electrons. The summed E-state index contributed by atoms with van der Waals surface area (Å²) in [5.41, 5.74) is 1.25. The van der Waals surface area contributed by atoms with Crippen LogP contribution in [0, 0.1) is 5.92 Å². The third-order valence-electron chi connectivity index (χ3n) is 5.61. The lowest BCUT2D eigenvalue weighted by Crippen LogP contribution is -2.43. The number of anilines is 1. The minimum Gasteiger partial charge on any atom is -0.497 e. The molecule has 3 rings (SSSR count). The molecule has 5 nitrogen and oxygen atoms in total. The summed E-state index contributed by atoms with van der Waals surface area (Å²) in [5.74, 6) is 2.52. The van der Waals surface area contributed by atoms with Crippen molar-refractivity contribution in [1.29, 1.82) is 0 Å². The molecule has 1 saturated heterocycles. The summed E-state index contributed by atoms with van der Waals surface area (Å²) in [4.78, 5) is 7.36. The van der Waals surface area contributed by atoms with Crippen molar-refractivity contribution in [3.63, 3.8) is 0 Å². The van der Waals surface area contributed by atoms with Gasteiger partial charge in [-0.2, -0.15) is 11.8 Å². The lowest BCUT2D eigenvalue weighted by atomic mass is 10.1. The van der Waals surface area contributed by atoms with Crippen LogP contribution in [0.5, 0.6) is 5.75 Å². The summed E-state index contributed by atoms with van der Waals surface area (Å²) in [6, 6.07) is 8.93. The number of methoxy groups -OCH3 is 1. The third kappa shape index (κ3) is 5.71. The standard InChI is InChI=1S/C21H34N4OS/c1-4-22-21(24-17-8-9-20(12-17)27-3)23-14-16-10-11-25(15-16)18-6-5-7-19(13-18)26-2/h5-7,13,16-17,20H,4,8-12,14-15H2,1-3H3,(H2,22,23,24). The molecule has 6 heteroatoms. The van der Waals surface area contributed by atoms with E-state index in [0.717, 1.165) is 43.1 Å². The minimum atomic E-state index is 0.567. The highest BCUT2D eigenvalue weighted by Gasteiger charge is 2.25. The van der Waals surface area contributed by atoms with Gasteiger partial charge in [0.25, 0.3) is 0 Å². The van der Waals surface area contributed by atoms with Crippen molar-refractivity contribution in [2.24, 2.45) is 10.9 Å². The average molecular weight is 391 g/mol. The number of nitrogens with one attached hydrogen (secondary N) is 2. The van der Waals surface area contributed by atoms with Crippen LogP contribution >= 0.6 is 11.8 Å². The van der Waals surface area contributed by atoms with Crippen molar-refractivity contribution in [3.8, 4) is 5.75 Å². The second-order valence-electron chi connectivity index (χ2n) is 7.53. The molecule has 3 atom stereocenters. The fourth-order valence-electron chi connectivity index (χ4n) is 4.04. The van der Waals surface area contributed by atoms with E-state index in [9.17, 15) is 0 Å². The van der Waals surface area contributed by atoms with Crippen molar-refractivity contribution in [1.82, 2.24) is 10.6 Å². The van der Waals surface area contributed by atoms with Gasteiger partial charge in [-0.3, -0.25) is 4.99 Å². The van der Waals surface area contributed by atoms with Crippen LogP contribution in [-0.4, -0.2) is 56.8 Å². The van der Waals surface area contributed by atoms with Crippen LogP contribution in [0.15, 0.2) is 29.3 Å². The molecule has 1 heterocycles. The molecule has 0 aromatic heterocycles. The topological polar surface area (TPSA) is 48.9 Å². The highest BCUT2D eigenvalue weighted by molar-refractivity contribution is 7.99. The van der Waals surface area contributed by atoms with Crippen molar-refractivity contribution < 1.29 is 4.74 Å². The zero-order valence-electron chi connectivity index (χ0n) is 16.9. The van der Waals surface area contributed by atoms with E-state index in [1.165, 1.54) is 31.4 Å². The van der Waals surface area contributed by atoms with Crippen molar-refractivity contribution in [2.75, 3.05) is 44.4 Å². The summed E-state index contributed by atoms with van der Waals surface area (Å²) in [7, 11) is 1.72. The van der Waals surface area contributed by atoms with Crippen molar-refractivity contribution >= 4 is 23.4 Å². The normalized spacial score (nSPS) is 25.7. The van der Waals surface area contributed by atoms with Gasteiger partial charge in [-0.15, -0.1) is 0 Å². The van der Waals surface area contributed by atoms with Gasteiger partial charge in [0.15, 0.2) is 5.96 Å². The minimum absolute atomic E-state index is 0.567. The lowest BCUT2D eigenvalue weighted by molar-refractivity contribution is 0.415. The first-order valence-corrected chi connectivity index (χ1v) is 11.5. The van der Waals surface area contributed by atoms with Gasteiger partial charge in [0.1, 0.15) is 5.75 Å². The number of guanidine groups is 1. The molecular formula is C21H34N4OS. The Morgan fingerprint density at radius 1 is 1.33 bits per heavy atom. The molecule has 2 fully saturated rings. The van der Waals surface area contributed by atoms with Gasteiger partial charge in [-0.05, 0) is 56.9 Å². The maximum atomic E-state index is 5.36. The maximum absolute atomic E-state index is 5.36. The van der Waals surface area contributed by atoms with Crippen LogP contribution < -0.4 is 20.3 Å². The molecule has 1 aliphatic carbocycles. The number of aliphatic imine (C=N–C) groups is 1. The number of nitrogens with zero attached hydrogens (tertiary/aromatic N) is 2. The van der Waals surface area contributed by atoms with Gasteiger partial charge >= 0.3 is 0 Å². The summed E-state index contributed by atoms with van der Waals surface area (Å²) in [6.45, 7) is 6.08. The Morgan fingerprint density at radius 2 is 2.22 bits per heavy atom. The van der Waals surface area contributed by atoms with Crippen LogP contribution in [0.1, 0.15) is 32.6 Å². The number of thioether (sulfide) groups is 1. The van der Waals surface area contributed by atoms with Crippen LogP contribution in [0.4, 0.5) is 5.69 Å². The molecule has 0 amide bonds. The number of rotatable bonds is 7. The molecule has 27 heavy (non-hydrogen) atoms. The van der Waals surface area contributed by atoms with E-state index in [-0.39, 0.29) is 0 Å². The predicted octanol–water partition coefficient (Wildman–Crippen LogP) is 3.36. The van der Waals surface area contributed by atoms with E-state index in [2.05, 4.69) is 46.9 Å². The highest BCUT2D eigenvalue weighted by Crippen LogP contribution is 2.28. The second-order valence-corrected chi connectivity index (χ2v) is 8.67. The zero-order valence-corrected chi connectivity index (χ0v) is 17.7. The first-order valence-electron chi connectivity index (χ1n) is 10.2. The first kappa shape index (κ1) is 20.2. The number of hydrogen-bond acceptors (Lipinski definition) is 4. The molecule has 2 N–H and O–H groups in total. The SMILES string of the molecule is CCNC(=NCC1CCN(c2cccc(OC)c2)C1)NC1CCC(SC)C1. The third-order valence-corrected chi connectivity index (χ3v) is 6.71. The number of hydrogen-bond donors (Lipinski definition) is 2. The van der Waals surface area contributed by atoms with E-state index in [0.29, 0.717) is 12.0 Å². The molecule has 0 bridgehead atoms. The highest BCUT2D eigenvalue weighted by atomic mass is 32.2. The zero-order chi connectivity index (χ0) is 19.1. The Morgan fingerprint density at radius 3 is 2.96 bits per heavy atom. The maximum Gasteiger partial charge on any atom is 0.191 e. The van der Waals surface area contributed by atoms with Gasteiger partial charge in [-0.1, -0.05) is 6.07 Å². The van der Waals surface area contributed by atoms with Crippen LogP contribution in [0.3, 0.4) is 0 Å². The van der Waals surface area contributed by atoms with Gasteiger partial charge in [0.05, 0.1) is 7.11 Å². The fraction of sp³-hybridized carbons (Fsp3) is 0.667. The number of benzene rings is 1. The van der Waals surface area contributed by atoms with E-state index in [1.54, 1.807) is 7.11 Å². The first-order chi connectivity index (χ1) is 13.2. The molecule has 2 aliphatic rings. The Labute approximate surface area is 168 Å². The van der Waals surface area contributed by atoms with Crippen molar-refractivity contribution in [2.45, 2.75) is 43.9 Å². The van der Waals surface area contributed by atoms with Gasteiger partial charge in [-0.25, -0.2) is 0 Å². The Kier molecular flexibility index (Phi) is 7.56. The average Bonchev–Trinajstić information content (AvgIpc) is 3.36. The molecule has 1 aliphatic heterocycles. The molecule has 150 valence electrons. The molecule has 0 spiro atoms. The van der Waals surface area contributed by atoms with Crippen LogP contribution in [0.2, 0.25) is 0 Å². The Balaban J connectivity index is 1.52. The summed E-state index contributed by atoms with van der Waals surface area (Å²) in [6.07, 6.45) is 7.23. The predicted molar refractivity (Wildman–Crippen MR) is 117 cm³/mol. The monoisotopic (exact) mass is 390 g/mol. The summed E-state index contributed by atoms with van der Waals surface area (Å²) < 4.78 is 5.36. The van der Waals surface area contributed by atoms with Crippen molar-refractivity contribution in [3.05, 3.63) is 24.3 Å².